The van der Waals surface area contributed by atoms with Gasteiger partial charge in [0.05, 0.1) is 5.56 Å². The molecule has 0 atom stereocenters. The lowest BCUT2D eigenvalue weighted by atomic mass is 10.2. The topological polar surface area (TPSA) is 54.1 Å². The Morgan fingerprint density at radius 3 is 2.53 bits per heavy atom. The van der Waals surface area contributed by atoms with Crippen molar-refractivity contribution in [1.29, 1.82) is 0 Å². The predicted octanol–water partition coefficient (Wildman–Crippen LogP) is 1.77. The van der Waals surface area contributed by atoms with Gasteiger partial charge in [-0.25, -0.2) is 4.79 Å². The number of carboxylic acids is 1. The fourth-order valence-electron chi connectivity index (χ4n) is 1.38. The van der Waals surface area contributed by atoms with Crippen molar-refractivity contribution in [2.45, 2.75) is 6.54 Å². The number of carbonyl (C=O) groups is 1. The Morgan fingerprint density at radius 1 is 1.29 bits per heavy atom. The highest BCUT2D eigenvalue weighted by molar-refractivity contribution is 6.30. The van der Waals surface area contributed by atoms with Crippen LogP contribution in [-0.4, -0.2) is 16.2 Å². The van der Waals surface area contributed by atoms with Crippen molar-refractivity contribution >= 4 is 17.6 Å². The van der Waals surface area contributed by atoms with Crippen LogP contribution in [0.4, 0.5) is 0 Å². The number of hydrogen-bond donors (Lipinski definition) is 1. The lowest BCUT2D eigenvalue weighted by Crippen LogP contribution is -2.38. The molecule has 0 saturated carbocycles. The van der Waals surface area contributed by atoms with E-state index in [9.17, 15) is 4.79 Å². The molecule has 0 fully saturated rings. The minimum absolute atomic E-state index is 0.178. The number of carboxylic acid groups (broad SMARTS) is 1. The number of nitrogens with zero attached hydrogens (tertiary/aromatic N) is 2. The minimum Gasteiger partial charge on any atom is -0.478 e. The standard InChI is InChI=1S/C12H9ClN2O2/c13-11-3-1-9(2-4-11)8-15-6-5-10(7-14-15)12(16)17/h1-7H,8H2/p+1. The number of benzene rings is 1. The van der Waals surface area contributed by atoms with E-state index in [1.54, 1.807) is 10.9 Å². The Morgan fingerprint density at radius 2 is 2.00 bits per heavy atom. The van der Waals surface area contributed by atoms with E-state index in [1.165, 1.54) is 12.3 Å². The van der Waals surface area contributed by atoms with Crippen molar-refractivity contribution in [1.82, 2.24) is 5.10 Å². The van der Waals surface area contributed by atoms with Crippen LogP contribution in [0.2, 0.25) is 5.02 Å². The van der Waals surface area contributed by atoms with Gasteiger partial charge in [-0.1, -0.05) is 28.4 Å². The van der Waals surface area contributed by atoms with Gasteiger partial charge in [-0.3, -0.25) is 0 Å². The van der Waals surface area contributed by atoms with Gasteiger partial charge in [-0.2, -0.15) is 0 Å². The van der Waals surface area contributed by atoms with E-state index in [0.29, 0.717) is 11.6 Å². The summed E-state index contributed by atoms with van der Waals surface area (Å²) in [7, 11) is 0. The molecule has 1 heterocycles. The van der Waals surface area contributed by atoms with Gasteiger partial charge >= 0.3 is 5.97 Å². The summed E-state index contributed by atoms with van der Waals surface area (Å²) in [5.41, 5.74) is 1.23. The van der Waals surface area contributed by atoms with E-state index < -0.39 is 5.97 Å². The second kappa shape index (κ2) is 4.93. The van der Waals surface area contributed by atoms with Crippen molar-refractivity contribution in [3.8, 4) is 0 Å². The maximum atomic E-state index is 10.6. The fraction of sp³-hybridized carbons (Fsp3) is 0.0833. The van der Waals surface area contributed by atoms with Crippen LogP contribution < -0.4 is 4.68 Å². The minimum atomic E-state index is -0.976. The van der Waals surface area contributed by atoms with Gasteiger partial charge in [0.2, 0.25) is 0 Å². The first-order chi connectivity index (χ1) is 8.15. The third-order valence-electron chi connectivity index (χ3n) is 2.28. The first-order valence-corrected chi connectivity index (χ1v) is 5.36. The summed E-state index contributed by atoms with van der Waals surface area (Å²) in [6.07, 6.45) is 2.97. The molecule has 5 heteroatoms. The molecule has 1 aromatic heterocycles. The molecule has 0 unspecified atom stereocenters. The van der Waals surface area contributed by atoms with E-state index in [0.717, 1.165) is 5.56 Å². The van der Waals surface area contributed by atoms with E-state index in [-0.39, 0.29) is 5.56 Å². The highest BCUT2D eigenvalue weighted by Crippen LogP contribution is 2.08. The summed E-state index contributed by atoms with van der Waals surface area (Å²) in [5.74, 6) is -0.976. The normalized spacial score (nSPS) is 10.2. The fourth-order valence-corrected chi connectivity index (χ4v) is 1.51. The lowest BCUT2D eigenvalue weighted by Gasteiger charge is -1.96. The monoisotopic (exact) mass is 249 g/mol. The average molecular weight is 250 g/mol. The summed E-state index contributed by atoms with van der Waals surface area (Å²) in [6, 6.07) is 8.95. The van der Waals surface area contributed by atoms with Gasteiger partial charge in [-0.15, -0.1) is 0 Å². The van der Waals surface area contributed by atoms with Crippen LogP contribution in [-0.2, 0) is 6.54 Å². The molecule has 0 spiro atoms. The van der Waals surface area contributed by atoms with Gasteiger partial charge in [0.25, 0.3) is 0 Å². The number of rotatable bonds is 3. The Hall–Kier alpha value is -1.94. The van der Waals surface area contributed by atoms with E-state index in [4.69, 9.17) is 16.7 Å². The maximum absolute atomic E-state index is 10.6. The van der Waals surface area contributed by atoms with Crippen molar-refractivity contribution < 1.29 is 14.6 Å². The smallest absolute Gasteiger partial charge is 0.337 e. The quantitative estimate of drug-likeness (QED) is 0.844. The summed E-state index contributed by atoms with van der Waals surface area (Å²) in [4.78, 5) is 10.6. The zero-order valence-corrected chi connectivity index (χ0v) is 9.63. The molecule has 0 aliphatic rings. The highest BCUT2D eigenvalue weighted by Gasteiger charge is 2.08. The van der Waals surface area contributed by atoms with E-state index >= 15 is 0 Å². The third-order valence-corrected chi connectivity index (χ3v) is 2.53. The molecule has 86 valence electrons. The van der Waals surface area contributed by atoms with Crippen LogP contribution in [0.25, 0.3) is 0 Å². The molecule has 2 aromatic rings. The molecule has 1 N–H and O–H groups in total. The van der Waals surface area contributed by atoms with Gasteiger partial charge in [0.1, 0.15) is 6.20 Å². The summed E-state index contributed by atoms with van der Waals surface area (Å²) >= 11 is 5.78. The molecule has 0 amide bonds. The van der Waals surface area contributed by atoms with Crippen LogP contribution in [0.15, 0.2) is 42.7 Å². The first-order valence-electron chi connectivity index (χ1n) is 4.98. The molecule has 0 saturated heterocycles. The van der Waals surface area contributed by atoms with E-state index in [1.807, 2.05) is 24.3 Å². The molecule has 0 aliphatic carbocycles. The largest absolute Gasteiger partial charge is 0.478 e. The highest BCUT2D eigenvalue weighted by atomic mass is 35.5. The van der Waals surface area contributed by atoms with Gasteiger partial charge in [0, 0.05) is 16.7 Å². The molecule has 4 nitrogen and oxygen atoms in total. The Labute approximate surface area is 103 Å². The number of halogens is 1. The van der Waals surface area contributed by atoms with E-state index in [2.05, 4.69) is 5.10 Å². The molecule has 2 rings (SSSR count). The second-order valence-corrected chi connectivity index (χ2v) is 3.98. The number of hydrogen-bond acceptors (Lipinski definition) is 2. The van der Waals surface area contributed by atoms with Gasteiger partial charge in [0.15, 0.2) is 12.7 Å². The van der Waals surface area contributed by atoms with Crippen LogP contribution >= 0.6 is 11.6 Å². The summed E-state index contributed by atoms with van der Waals surface area (Å²) in [5, 5.41) is 13.4. The third kappa shape index (κ3) is 3.01. The molecule has 0 aliphatic heterocycles. The van der Waals surface area contributed by atoms with Crippen molar-refractivity contribution in [3.05, 3.63) is 58.9 Å². The van der Waals surface area contributed by atoms with Crippen LogP contribution in [0.1, 0.15) is 15.9 Å². The van der Waals surface area contributed by atoms with Crippen LogP contribution in [0, 0.1) is 0 Å². The Bertz CT molecular complexity index is 523. The summed E-state index contributed by atoms with van der Waals surface area (Å²) < 4.78 is 1.66. The molecular formula is C12H10ClN2O2+. The molecule has 0 radical (unpaired) electrons. The predicted molar refractivity (Wildman–Crippen MR) is 61.9 cm³/mol. The van der Waals surface area contributed by atoms with Crippen molar-refractivity contribution in [2.75, 3.05) is 0 Å². The lowest BCUT2D eigenvalue weighted by molar-refractivity contribution is -0.746. The zero-order valence-electron chi connectivity index (χ0n) is 8.88. The number of aromatic carboxylic acids is 1. The first kappa shape index (κ1) is 11.5. The SMILES string of the molecule is O=C(O)c1cc[n+](Cc2ccc(Cl)cc2)nc1. The second-order valence-electron chi connectivity index (χ2n) is 3.54. The number of aromatic nitrogens is 2. The molecule has 0 bridgehead atoms. The molecule has 1 aromatic carbocycles. The van der Waals surface area contributed by atoms with Gasteiger partial charge < -0.3 is 5.11 Å². The molecular weight excluding hydrogens is 240 g/mol. The van der Waals surface area contributed by atoms with Crippen LogP contribution in [0.5, 0.6) is 0 Å². The van der Waals surface area contributed by atoms with Crippen molar-refractivity contribution in [3.63, 3.8) is 0 Å². The summed E-state index contributed by atoms with van der Waals surface area (Å²) in [6.45, 7) is 0.580. The Kier molecular flexibility index (Phi) is 3.35. The van der Waals surface area contributed by atoms with Crippen LogP contribution in [0.3, 0.4) is 0 Å². The average Bonchev–Trinajstić information content (AvgIpc) is 2.33. The molecule has 17 heavy (non-hydrogen) atoms. The maximum Gasteiger partial charge on any atom is 0.337 e. The van der Waals surface area contributed by atoms with Crippen molar-refractivity contribution in [2.24, 2.45) is 0 Å². The zero-order chi connectivity index (χ0) is 12.3. The van der Waals surface area contributed by atoms with Gasteiger partial charge in [-0.05, 0) is 17.2 Å². The Balaban J connectivity index is 2.13.